The zero-order valence-electron chi connectivity index (χ0n) is 18.4. The third kappa shape index (κ3) is 2.39. The summed E-state index contributed by atoms with van der Waals surface area (Å²) in [5.41, 5.74) is 7.11. The number of H-pyrrole nitrogens is 1. The second kappa shape index (κ2) is 6.95. The van der Waals surface area contributed by atoms with Gasteiger partial charge in [-0.2, -0.15) is 5.10 Å². The van der Waals surface area contributed by atoms with Crippen molar-refractivity contribution in [1.29, 1.82) is 0 Å². The largest absolute Gasteiger partial charge is 0.338 e. The van der Waals surface area contributed by atoms with E-state index >= 15 is 0 Å². The van der Waals surface area contributed by atoms with Crippen LogP contribution in [0.25, 0.3) is 11.1 Å². The molecule has 0 saturated heterocycles. The minimum Gasteiger partial charge on any atom is -0.338 e. The fourth-order valence-corrected chi connectivity index (χ4v) is 5.48. The van der Waals surface area contributed by atoms with E-state index in [0.717, 1.165) is 50.8 Å². The molecule has 0 fully saturated rings. The summed E-state index contributed by atoms with van der Waals surface area (Å²) in [7, 11) is 2.03. The molecular weight excluding hydrogens is 424 g/mol. The molecule has 0 amide bonds. The van der Waals surface area contributed by atoms with Crippen LogP contribution in [0.15, 0.2) is 85.8 Å². The van der Waals surface area contributed by atoms with Crippen molar-refractivity contribution in [1.82, 2.24) is 30.1 Å². The number of hydrogen-bond acceptors (Lipinski definition) is 7. The van der Waals surface area contributed by atoms with E-state index in [9.17, 15) is 0 Å². The van der Waals surface area contributed by atoms with Crippen molar-refractivity contribution in [3.63, 3.8) is 0 Å². The van der Waals surface area contributed by atoms with Crippen molar-refractivity contribution in [2.24, 2.45) is 0 Å². The van der Waals surface area contributed by atoms with E-state index in [-0.39, 0.29) is 0 Å². The lowest BCUT2D eigenvalue weighted by atomic mass is 9.70. The Bertz CT molecular complexity index is 1480. The van der Waals surface area contributed by atoms with E-state index in [1.54, 1.807) is 12.4 Å². The number of nitrogens with zero attached hydrogens (tertiary/aromatic N) is 7. The third-order valence-corrected chi connectivity index (χ3v) is 6.87. The molecule has 8 nitrogen and oxygen atoms in total. The predicted molar refractivity (Wildman–Crippen MR) is 129 cm³/mol. The summed E-state index contributed by atoms with van der Waals surface area (Å²) >= 11 is 0. The SMILES string of the molecule is CN1CN(c2cccc(C3(c4ccn[nH]4)c4ccncc4-c4cnccc43)c2)c2nccnc21. The summed E-state index contributed by atoms with van der Waals surface area (Å²) < 4.78 is 0. The molecule has 5 heterocycles. The van der Waals surface area contributed by atoms with Crippen molar-refractivity contribution in [2.75, 3.05) is 23.5 Å². The lowest BCUT2D eigenvalue weighted by molar-refractivity contribution is 0.725. The van der Waals surface area contributed by atoms with Gasteiger partial charge in [-0.05, 0) is 47.0 Å². The number of rotatable bonds is 3. The Labute approximate surface area is 196 Å². The van der Waals surface area contributed by atoms with Crippen LogP contribution in [-0.4, -0.2) is 43.8 Å². The van der Waals surface area contributed by atoms with Crippen molar-refractivity contribution < 1.29 is 0 Å². The second-order valence-electron chi connectivity index (χ2n) is 8.58. The van der Waals surface area contributed by atoms with E-state index in [4.69, 9.17) is 0 Å². The molecule has 1 aliphatic heterocycles. The van der Waals surface area contributed by atoms with Gasteiger partial charge in [0.15, 0.2) is 11.6 Å². The number of pyridine rings is 2. The molecule has 0 atom stereocenters. The highest BCUT2D eigenvalue weighted by atomic mass is 15.4. The summed E-state index contributed by atoms with van der Waals surface area (Å²) in [6.07, 6.45) is 12.9. The minimum absolute atomic E-state index is 0.570. The maximum absolute atomic E-state index is 4.62. The normalized spacial score (nSPS) is 15.2. The number of nitrogens with one attached hydrogen (secondary N) is 1. The first-order valence-corrected chi connectivity index (χ1v) is 11.1. The number of fused-ring (bicyclic) bond motifs is 4. The summed E-state index contributed by atoms with van der Waals surface area (Å²) in [4.78, 5) is 22.3. The van der Waals surface area contributed by atoms with Gasteiger partial charge in [0.25, 0.3) is 0 Å². The Kier molecular flexibility index (Phi) is 3.87. The van der Waals surface area contributed by atoms with E-state index in [1.165, 1.54) is 0 Å². The van der Waals surface area contributed by atoms with Crippen LogP contribution >= 0.6 is 0 Å². The lowest BCUT2D eigenvalue weighted by Crippen LogP contribution is -2.30. The van der Waals surface area contributed by atoms with Crippen molar-refractivity contribution in [3.8, 4) is 11.1 Å². The fraction of sp³-hybridized carbons (Fsp3) is 0.115. The van der Waals surface area contributed by atoms with Gasteiger partial charge in [0.1, 0.15) is 0 Å². The minimum atomic E-state index is -0.570. The summed E-state index contributed by atoms with van der Waals surface area (Å²) in [6, 6.07) is 14.9. The average molecular weight is 445 g/mol. The van der Waals surface area contributed by atoms with Crippen LogP contribution in [0.2, 0.25) is 0 Å². The van der Waals surface area contributed by atoms with Crippen molar-refractivity contribution >= 4 is 17.3 Å². The third-order valence-electron chi connectivity index (χ3n) is 6.87. The quantitative estimate of drug-likeness (QED) is 0.443. The van der Waals surface area contributed by atoms with Crippen molar-refractivity contribution in [3.05, 3.63) is 108 Å². The van der Waals surface area contributed by atoms with Crippen LogP contribution in [0.4, 0.5) is 17.3 Å². The Morgan fingerprint density at radius 2 is 1.56 bits per heavy atom. The average Bonchev–Trinajstić information content (AvgIpc) is 3.61. The summed E-state index contributed by atoms with van der Waals surface area (Å²) in [6.45, 7) is 0.681. The van der Waals surface area contributed by atoms with Gasteiger partial charge < -0.3 is 9.80 Å². The standard InChI is InChI=1S/C26H20N8/c1-33-16-34(25-24(33)29-11-12-30-25)18-4-2-3-17(13-18)26(23-7-10-31-32-23)21-5-8-27-14-19(21)20-15-28-9-6-22(20)26/h2-15H,16H2,1H3,(H,31,32). The smallest absolute Gasteiger partial charge is 0.178 e. The molecule has 1 aromatic carbocycles. The summed E-state index contributed by atoms with van der Waals surface area (Å²) in [5, 5.41) is 7.61. The van der Waals surface area contributed by atoms with E-state index < -0.39 is 5.41 Å². The zero-order valence-corrected chi connectivity index (χ0v) is 18.4. The summed E-state index contributed by atoms with van der Waals surface area (Å²) in [5.74, 6) is 1.74. The molecule has 1 N–H and O–H groups in total. The van der Waals surface area contributed by atoms with E-state index in [0.29, 0.717) is 6.67 Å². The van der Waals surface area contributed by atoms with Crippen LogP contribution in [-0.2, 0) is 5.41 Å². The van der Waals surface area contributed by atoms with Crippen LogP contribution < -0.4 is 9.80 Å². The van der Waals surface area contributed by atoms with Gasteiger partial charge in [0, 0.05) is 67.2 Å². The topological polar surface area (TPSA) is 86.7 Å². The van der Waals surface area contributed by atoms with Gasteiger partial charge in [-0.15, -0.1) is 0 Å². The molecule has 0 bridgehead atoms. The maximum atomic E-state index is 4.62. The van der Waals surface area contributed by atoms with Gasteiger partial charge in [-0.3, -0.25) is 15.1 Å². The van der Waals surface area contributed by atoms with Crippen LogP contribution in [0, 0.1) is 0 Å². The molecule has 8 heteroatoms. The van der Waals surface area contributed by atoms with Gasteiger partial charge in [-0.1, -0.05) is 12.1 Å². The molecule has 0 unspecified atom stereocenters. The first kappa shape index (κ1) is 18.9. The molecule has 1 aliphatic carbocycles. The molecule has 5 aromatic rings. The molecule has 2 aliphatic rings. The van der Waals surface area contributed by atoms with Gasteiger partial charge in [0.2, 0.25) is 0 Å². The lowest BCUT2D eigenvalue weighted by Gasteiger charge is -2.32. The Hall–Kier alpha value is -4.59. The molecular formula is C26H20N8. The van der Waals surface area contributed by atoms with Gasteiger partial charge in [-0.25, -0.2) is 9.97 Å². The number of aromatic nitrogens is 6. The first-order valence-electron chi connectivity index (χ1n) is 11.1. The van der Waals surface area contributed by atoms with Crippen molar-refractivity contribution in [2.45, 2.75) is 5.41 Å². The highest BCUT2D eigenvalue weighted by Gasteiger charge is 2.47. The molecule has 0 spiro atoms. The van der Waals surface area contributed by atoms with E-state index in [2.05, 4.69) is 82.4 Å². The van der Waals surface area contributed by atoms with E-state index in [1.807, 2.05) is 38.0 Å². The molecule has 0 radical (unpaired) electrons. The van der Waals surface area contributed by atoms with Gasteiger partial charge in [0.05, 0.1) is 17.8 Å². The molecule has 34 heavy (non-hydrogen) atoms. The second-order valence-corrected chi connectivity index (χ2v) is 8.58. The van der Waals surface area contributed by atoms with Crippen LogP contribution in [0.1, 0.15) is 22.4 Å². The number of anilines is 3. The molecule has 4 aromatic heterocycles. The molecule has 7 rings (SSSR count). The predicted octanol–water partition coefficient (Wildman–Crippen LogP) is 3.90. The highest BCUT2D eigenvalue weighted by molar-refractivity contribution is 5.85. The number of aromatic amines is 1. The Balaban J connectivity index is 1.50. The first-order chi connectivity index (χ1) is 16.8. The molecule has 0 saturated carbocycles. The highest BCUT2D eigenvalue weighted by Crippen LogP contribution is 2.55. The number of benzene rings is 1. The number of hydrogen-bond donors (Lipinski definition) is 1. The fourth-order valence-electron chi connectivity index (χ4n) is 5.48. The maximum Gasteiger partial charge on any atom is 0.178 e. The Morgan fingerprint density at radius 1 is 0.824 bits per heavy atom. The zero-order chi connectivity index (χ0) is 22.7. The monoisotopic (exact) mass is 444 g/mol. The van der Waals surface area contributed by atoms with Gasteiger partial charge >= 0.3 is 0 Å². The van der Waals surface area contributed by atoms with Crippen LogP contribution in [0.3, 0.4) is 0 Å². The molecule has 164 valence electrons. The van der Waals surface area contributed by atoms with Crippen LogP contribution in [0.5, 0.6) is 0 Å². The Morgan fingerprint density at radius 3 is 2.26 bits per heavy atom.